The van der Waals surface area contributed by atoms with E-state index < -0.39 is 11.6 Å². The number of benzene rings is 1. The van der Waals surface area contributed by atoms with Gasteiger partial charge in [0.2, 0.25) is 5.60 Å². The Labute approximate surface area is 143 Å². The van der Waals surface area contributed by atoms with Crippen LogP contribution in [0.25, 0.3) is 0 Å². The molecule has 1 unspecified atom stereocenters. The number of pyridine rings is 1. The third-order valence-electron chi connectivity index (χ3n) is 3.19. The van der Waals surface area contributed by atoms with Crippen molar-refractivity contribution in [2.75, 3.05) is 6.61 Å². The molecule has 2 aromatic rings. The van der Waals surface area contributed by atoms with Gasteiger partial charge < -0.3 is 9.84 Å². The molecule has 1 aromatic heterocycles. The van der Waals surface area contributed by atoms with E-state index >= 15 is 0 Å². The fourth-order valence-electron chi connectivity index (χ4n) is 2.12. The Kier molecular flexibility index (Phi) is 5.22. The lowest BCUT2D eigenvalue weighted by molar-refractivity contribution is 0.0515. The van der Waals surface area contributed by atoms with Crippen molar-refractivity contribution < 1.29 is 14.6 Å². The molecule has 0 aliphatic rings. The quantitative estimate of drug-likeness (QED) is 0.675. The molecule has 0 amide bonds. The van der Waals surface area contributed by atoms with Gasteiger partial charge in [-0.05, 0) is 25.1 Å². The van der Waals surface area contributed by atoms with Crippen LogP contribution in [0.5, 0.6) is 0 Å². The minimum absolute atomic E-state index is 0.00910. The molecule has 0 saturated carbocycles. The van der Waals surface area contributed by atoms with Gasteiger partial charge in [-0.1, -0.05) is 29.3 Å². The van der Waals surface area contributed by atoms with Crippen molar-refractivity contribution >= 4 is 29.2 Å². The van der Waals surface area contributed by atoms with Gasteiger partial charge in [0.25, 0.3) is 0 Å². The fraction of sp³-hybridized carbons (Fsp3) is 0.188. The topological polar surface area (TPSA) is 83.2 Å². The van der Waals surface area contributed by atoms with E-state index in [9.17, 15) is 15.2 Å². The number of halogens is 2. The molecule has 1 atom stereocenters. The van der Waals surface area contributed by atoms with Crippen LogP contribution in [0.15, 0.2) is 36.7 Å². The van der Waals surface area contributed by atoms with Crippen molar-refractivity contribution in [1.82, 2.24) is 4.98 Å². The van der Waals surface area contributed by atoms with E-state index in [1.165, 1.54) is 36.7 Å². The largest absolute Gasteiger partial charge is 0.462 e. The van der Waals surface area contributed by atoms with E-state index in [4.69, 9.17) is 27.9 Å². The van der Waals surface area contributed by atoms with Crippen LogP contribution in [0.3, 0.4) is 0 Å². The van der Waals surface area contributed by atoms with E-state index in [0.717, 1.165) is 0 Å². The minimum Gasteiger partial charge on any atom is -0.462 e. The number of aliphatic hydroxyl groups is 1. The van der Waals surface area contributed by atoms with E-state index in [2.05, 4.69) is 4.98 Å². The highest BCUT2D eigenvalue weighted by atomic mass is 35.5. The van der Waals surface area contributed by atoms with Crippen LogP contribution in [-0.2, 0) is 10.3 Å². The Hall–Kier alpha value is -2.13. The van der Waals surface area contributed by atoms with Gasteiger partial charge in [-0.3, -0.25) is 4.98 Å². The maximum absolute atomic E-state index is 12.1. The monoisotopic (exact) mass is 350 g/mol. The van der Waals surface area contributed by atoms with Gasteiger partial charge in [-0.25, -0.2) is 4.79 Å². The van der Waals surface area contributed by atoms with Crippen molar-refractivity contribution in [2.45, 2.75) is 12.5 Å². The zero-order valence-corrected chi connectivity index (χ0v) is 13.6. The smallest absolute Gasteiger partial charge is 0.338 e. The van der Waals surface area contributed by atoms with Crippen LogP contribution in [0.1, 0.15) is 28.4 Å². The molecule has 2 rings (SSSR count). The van der Waals surface area contributed by atoms with Crippen LogP contribution < -0.4 is 0 Å². The number of aromatic nitrogens is 1. The van der Waals surface area contributed by atoms with E-state index in [-0.39, 0.29) is 28.3 Å². The predicted octanol–water partition coefficient (Wildman–Crippen LogP) is 3.32. The molecule has 0 aliphatic heterocycles. The van der Waals surface area contributed by atoms with Crippen LogP contribution in [0.4, 0.5) is 0 Å². The Morgan fingerprint density at radius 2 is 2.13 bits per heavy atom. The lowest BCUT2D eigenvalue weighted by Crippen LogP contribution is -2.29. The van der Waals surface area contributed by atoms with Crippen molar-refractivity contribution in [3.05, 3.63) is 63.4 Å². The average molecular weight is 351 g/mol. The summed E-state index contributed by atoms with van der Waals surface area (Å²) in [6, 6.07) is 7.49. The summed E-state index contributed by atoms with van der Waals surface area (Å²) in [5, 5.41) is 20.9. The molecule has 0 aliphatic carbocycles. The molecule has 7 heteroatoms. The molecule has 0 radical (unpaired) electrons. The van der Waals surface area contributed by atoms with Crippen LogP contribution in [-0.4, -0.2) is 22.7 Å². The Balaban J connectivity index is 2.66. The van der Waals surface area contributed by atoms with Crippen LogP contribution >= 0.6 is 23.2 Å². The highest BCUT2D eigenvalue weighted by Gasteiger charge is 2.38. The second kappa shape index (κ2) is 6.97. The van der Waals surface area contributed by atoms with Gasteiger partial charge in [0.05, 0.1) is 12.2 Å². The number of ether oxygens (including phenoxy) is 1. The molecule has 1 N–H and O–H groups in total. The number of esters is 1. The summed E-state index contributed by atoms with van der Waals surface area (Å²) in [5.41, 5.74) is -2.04. The van der Waals surface area contributed by atoms with Gasteiger partial charge in [-0.2, -0.15) is 5.26 Å². The normalized spacial score (nSPS) is 13.0. The van der Waals surface area contributed by atoms with Crippen molar-refractivity contribution in [3.8, 4) is 6.07 Å². The molecule has 5 nitrogen and oxygen atoms in total. The first-order valence-corrected chi connectivity index (χ1v) is 7.40. The first-order chi connectivity index (χ1) is 10.9. The predicted molar refractivity (Wildman–Crippen MR) is 85.3 cm³/mol. The summed E-state index contributed by atoms with van der Waals surface area (Å²) in [6.45, 7) is 1.82. The number of hydrogen-bond acceptors (Lipinski definition) is 5. The van der Waals surface area contributed by atoms with E-state index in [1.807, 2.05) is 0 Å². The molecule has 1 heterocycles. The lowest BCUT2D eigenvalue weighted by Gasteiger charge is -2.24. The molecule has 0 bridgehead atoms. The molecule has 0 fully saturated rings. The zero-order chi connectivity index (χ0) is 17.0. The van der Waals surface area contributed by atoms with Gasteiger partial charge >= 0.3 is 5.97 Å². The number of carbonyl (C=O) groups is 1. The van der Waals surface area contributed by atoms with E-state index in [0.29, 0.717) is 5.02 Å². The van der Waals surface area contributed by atoms with Gasteiger partial charge in [0, 0.05) is 33.6 Å². The maximum Gasteiger partial charge on any atom is 0.338 e. The second-order valence-electron chi connectivity index (χ2n) is 4.59. The first kappa shape index (κ1) is 17.2. The SMILES string of the molecule is CCOC(=O)c1ccncc1C(O)(C#N)c1ccc(Cl)cc1Cl. The van der Waals surface area contributed by atoms with Crippen molar-refractivity contribution in [3.63, 3.8) is 0 Å². The summed E-state index contributed by atoms with van der Waals surface area (Å²) in [6.07, 6.45) is 2.61. The third-order valence-corrected chi connectivity index (χ3v) is 3.74. The maximum atomic E-state index is 12.1. The highest BCUT2D eigenvalue weighted by molar-refractivity contribution is 6.35. The van der Waals surface area contributed by atoms with Crippen molar-refractivity contribution in [2.24, 2.45) is 0 Å². The molecular weight excluding hydrogens is 339 g/mol. The molecule has 23 heavy (non-hydrogen) atoms. The Morgan fingerprint density at radius 3 is 2.74 bits per heavy atom. The first-order valence-electron chi connectivity index (χ1n) is 6.64. The average Bonchev–Trinajstić information content (AvgIpc) is 2.54. The second-order valence-corrected chi connectivity index (χ2v) is 5.43. The summed E-state index contributed by atoms with van der Waals surface area (Å²) in [4.78, 5) is 16.0. The molecule has 1 aromatic carbocycles. The zero-order valence-electron chi connectivity index (χ0n) is 12.1. The third kappa shape index (κ3) is 3.30. The van der Waals surface area contributed by atoms with Gasteiger partial charge in [0.1, 0.15) is 6.07 Å². The highest BCUT2D eigenvalue weighted by Crippen LogP contribution is 2.36. The van der Waals surface area contributed by atoms with Gasteiger partial charge in [-0.15, -0.1) is 0 Å². The Bertz CT molecular complexity index is 789. The van der Waals surface area contributed by atoms with Crippen LogP contribution in [0, 0.1) is 11.3 Å². The summed E-state index contributed by atoms with van der Waals surface area (Å²) in [7, 11) is 0. The summed E-state index contributed by atoms with van der Waals surface area (Å²) >= 11 is 11.9. The lowest BCUT2D eigenvalue weighted by atomic mass is 9.86. The summed E-state index contributed by atoms with van der Waals surface area (Å²) in [5.74, 6) is -0.663. The fourth-order valence-corrected chi connectivity index (χ4v) is 2.66. The number of carbonyl (C=O) groups excluding carboxylic acids is 1. The number of nitriles is 1. The minimum atomic E-state index is -2.17. The Morgan fingerprint density at radius 1 is 1.39 bits per heavy atom. The number of nitrogens with zero attached hydrogens (tertiary/aromatic N) is 2. The summed E-state index contributed by atoms with van der Waals surface area (Å²) < 4.78 is 4.95. The van der Waals surface area contributed by atoms with Crippen LogP contribution in [0.2, 0.25) is 10.0 Å². The molecule has 0 saturated heterocycles. The number of hydrogen-bond donors (Lipinski definition) is 1. The standard InChI is InChI=1S/C16H12Cl2N2O3/c1-2-23-15(21)11-5-6-20-8-13(11)16(22,9-19)12-4-3-10(17)7-14(12)18/h3-8,22H,2H2,1H3. The molecule has 118 valence electrons. The van der Waals surface area contributed by atoms with E-state index in [1.54, 1.807) is 13.0 Å². The van der Waals surface area contributed by atoms with Crippen molar-refractivity contribution in [1.29, 1.82) is 5.26 Å². The molecular formula is C16H12Cl2N2O3. The molecule has 0 spiro atoms. The van der Waals surface area contributed by atoms with Gasteiger partial charge in [0.15, 0.2) is 0 Å². The number of rotatable bonds is 4.